The molecule has 3 N–H and O–H groups in total. The van der Waals surface area contributed by atoms with E-state index in [9.17, 15) is 4.79 Å². The molecule has 0 heterocycles. The quantitative estimate of drug-likeness (QED) is 0.899. The Morgan fingerprint density at radius 1 is 1.21 bits per heavy atom. The van der Waals surface area contributed by atoms with Gasteiger partial charge < -0.3 is 11.1 Å². The van der Waals surface area contributed by atoms with Crippen LogP contribution in [0.15, 0.2) is 48.5 Å². The average molecular weight is 275 g/mol. The van der Waals surface area contributed by atoms with Gasteiger partial charge in [-0.3, -0.25) is 4.79 Å². The summed E-state index contributed by atoms with van der Waals surface area (Å²) in [6.45, 7) is 1.99. The third-order valence-corrected chi connectivity index (χ3v) is 3.07. The molecule has 0 aromatic heterocycles. The lowest BCUT2D eigenvalue weighted by molar-refractivity contribution is -0.118. The van der Waals surface area contributed by atoms with Gasteiger partial charge in [0.15, 0.2) is 0 Å². The summed E-state index contributed by atoms with van der Waals surface area (Å²) in [6.07, 6.45) is 0. The Morgan fingerprint density at radius 3 is 2.47 bits per heavy atom. The van der Waals surface area contributed by atoms with Crippen molar-refractivity contribution in [3.63, 3.8) is 0 Å². The van der Waals surface area contributed by atoms with Gasteiger partial charge in [-0.15, -0.1) is 0 Å². The van der Waals surface area contributed by atoms with E-state index in [0.717, 1.165) is 16.8 Å². The summed E-state index contributed by atoms with van der Waals surface area (Å²) < 4.78 is 0. The number of aryl methyl sites for hydroxylation is 1. The highest BCUT2D eigenvalue weighted by Crippen LogP contribution is 2.22. The van der Waals surface area contributed by atoms with Gasteiger partial charge >= 0.3 is 0 Å². The highest BCUT2D eigenvalue weighted by Gasteiger charge is 2.17. The SMILES string of the molecule is Cc1ccc(C(Nc2cccc(Cl)c2)C(N)=O)cc1. The first-order valence-corrected chi connectivity index (χ1v) is 6.32. The molecule has 4 heteroatoms. The number of amides is 1. The van der Waals surface area contributed by atoms with E-state index in [-0.39, 0.29) is 0 Å². The number of hydrogen-bond acceptors (Lipinski definition) is 2. The Hall–Kier alpha value is -2.00. The van der Waals surface area contributed by atoms with Gasteiger partial charge in [0.1, 0.15) is 6.04 Å². The molecule has 0 aliphatic rings. The Bertz CT molecular complexity index is 581. The highest BCUT2D eigenvalue weighted by molar-refractivity contribution is 6.30. The molecule has 0 spiro atoms. The molecule has 0 aliphatic heterocycles. The second-order valence-corrected chi connectivity index (χ2v) is 4.84. The molecule has 2 aromatic rings. The second kappa shape index (κ2) is 5.76. The van der Waals surface area contributed by atoms with E-state index < -0.39 is 11.9 Å². The maximum absolute atomic E-state index is 11.6. The van der Waals surface area contributed by atoms with E-state index >= 15 is 0 Å². The van der Waals surface area contributed by atoms with Crippen LogP contribution < -0.4 is 11.1 Å². The van der Waals surface area contributed by atoms with Crippen LogP contribution in [0.3, 0.4) is 0 Å². The van der Waals surface area contributed by atoms with Crippen LogP contribution in [0, 0.1) is 6.92 Å². The summed E-state index contributed by atoms with van der Waals surface area (Å²) in [4.78, 5) is 11.6. The van der Waals surface area contributed by atoms with Gasteiger partial charge in [0.25, 0.3) is 0 Å². The Balaban J connectivity index is 2.26. The minimum absolute atomic E-state index is 0.427. The number of anilines is 1. The average Bonchev–Trinajstić information content (AvgIpc) is 2.37. The third-order valence-electron chi connectivity index (χ3n) is 2.83. The van der Waals surface area contributed by atoms with E-state index in [0.29, 0.717) is 5.02 Å². The van der Waals surface area contributed by atoms with E-state index in [1.54, 1.807) is 12.1 Å². The predicted octanol–water partition coefficient (Wildman–Crippen LogP) is 3.29. The Kier molecular flexibility index (Phi) is 4.07. The fraction of sp³-hybridized carbons (Fsp3) is 0.133. The minimum Gasteiger partial charge on any atom is -0.370 e. The van der Waals surface area contributed by atoms with E-state index in [1.165, 1.54) is 0 Å². The summed E-state index contributed by atoms with van der Waals surface area (Å²) in [5.41, 5.74) is 8.18. The zero-order valence-electron chi connectivity index (χ0n) is 10.6. The zero-order valence-corrected chi connectivity index (χ0v) is 11.3. The molecule has 2 rings (SSSR count). The van der Waals surface area contributed by atoms with Crippen LogP contribution in [0.1, 0.15) is 17.2 Å². The standard InChI is InChI=1S/C15H15ClN2O/c1-10-5-7-11(8-6-10)14(15(17)19)18-13-4-2-3-12(16)9-13/h2-9,14,18H,1H3,(H2,17,19). The molecule has 0 aliphatic carbocycles. The van der Waals surface area contributed by atoms with Gasteiger partial charge in [-0.2, -0.15) is 0 Å². The molecular formula is C15H15ClN2O. The molecule has 0 bridgehead atoms. The summed E-state index contributed by atoms with van der Waals surface area (Å²) in [5, 5.41) is 3.70. The van der Waals surface area contributed by atoms with Crippen molar-refractivity contribution in [2.24, 2.45) is 5.73 Å². The van der Waals surface area contributed by atoms with Gasteiger partial charge in [-0.05, 0) is 30.7 Å². The number of hydrogen-bond donors (Lipinski definition) is 2. The molecule has 19 heavy (non-hydrogen) atoms. The van der Waals surface area contributed by atoms with Crippen LogP contribution in [-0.4, -0.2) is 5.91 Å². The first kappa shape index (κ1) is 13.4. The second-order valence-electron chi connectivity index (χ2n) is 4.40. The van der Waals surface area contributed by atoms with Crippen molar-refractivity contribution in [1.29, 1.82) is 0 Å². The molecule has 1 amide bonds. The maximum atomic E-state index is 11.6. The number of primary amides is 1. The molecule has 0 saturated carbocycles. The molecule has 0 saturated heterocycles. The third kappa shape index (κ3) is 3.48. The van der Waals surface area contributed by atoms with Gasteiger partial charge in [0.2, 0.25) is 5.91 Å². The smallest absolute Gasteiger partial charge is 0.244 e. The monoisotopic (exact) mass is 274 g/mol. The Labute approximate surface area is 117 Å². The van der Waals surface area contributed by atoms with Crippen molar-refractivity contribution in [1.82, 2.24) is 0 Å². The maximum Gasteiger partial charge on any atom is 0.244 e. The van der Waals surface area contributed by atoms with Crippen LogP contribution in [-0.2, 0) is 4.79 Å². The van der Waals surface area contributed by atoms with Crippen LogP contribution in [0.5, 0.6) is 0 Å². The number of nitrogens with two attached hydrogens (primary N) is 1. The number of nitrogens with one attached hydrogen (secondary N) is 1. The van der Waals surface area contributed by atoms with Crippen LogP contribution in [0.2, 0.25) is 5.02 Å². The molecule has 98 valence electrons. The van der Waals surface area contributed by atoms with Gasteiger partial charge in [0, 0.05) is 10.7 Å². The van der Waals surface area contributed by atoms with Crippen molar-refractivity contribution in [3.05, 3.63) is 64.7 Å². The molecule has 0 fully saturated rings. The molecule has 3 nitrogen and oxygen atoms in total. The summed E-state index contributed by atoms with van der Waals surface area (Å²) >= 11 is 5.92. The molecule has 0 radical (unpaired) electrons. The lowest BCUT2D eigenvalue weighted by Gasteiger charge is -2.17. The molecule has 1 atom stereocenters. The number of rotatable bonds is 4. The fourth-order valence-electron chi connectivity index (χ4n) is 1.82. The molecular weight excluding hydrogens is 260 g/mol. The van der Waals surface area contributed by atoms with E-state index in [2.05, 4.69) is 5.32 Å². The normalized spacial score (nSPS) is 11.9. The first-order chi connectivity index (χ1) is 9.06. The number of benzene rings is 2. The van der Waals surface area contributed by atoms with Crippen LogP contribution in [0.4, 0.5) is 5.69 Å². The van der Waals surface area contributed by atoms with Crippen molar-refractivity contribution >= 4 is 23.2 Å². The predicted molar refractivity (Wildman–Crippen MR) is 78.2 cm³/mol. The number of carbonyl (C=O) groups excluding carboxylic acids is 1. The van der Waals surface area contributed by atoms with Gasteiger partial charge in [-0.1, -0.05) is 47.5 Å². The summed E-state index contributed by atoms with van der Waals surface area (Å²) in [6, 6.07) is 14.3. The Morgan fingerprint density at radius 2 is 1.89 bits per heavy atom. The molecule has 1 unspecified atom stereocenters. The number of halogens is 1. The lowest BCUT2D eigenvalue weighted by Crippen LogP contribution is -2.27. The van der Waals surface area contributed by atoms with Crippen molar-refractivity contribution in [2.45, 2.75) is 13.0 Å². The zero-order chi connectivity index (χ0) is 13.8. The highest BCUT2D eigenvalue weighted by atomic mass is 35.5. The lowest BCUT2D eigenvalue weighted by atomic mass is 10.0. The minimum atomic E-state index is -0.570. The summed E-state index contributed by atoms with van der Waals surface area (Å²) in [7, 11) is 0. The van der Waals surface area contributed by atoms with Crippen molar-refractivity contribution in [3.8, 4) is 0 Å². The number of carbonyl (C=O) groups is 1. The molecule has 2 aromatic carbocycles. The van der Waals surface area contributed by atoms with E-state index in [4.69, 9.17) is 17.3 Å². The first-order valence-electron chi connectivity index (χ1n) is 5.94. The van der Waals surface area contributed by atoms with E-state index in [1.807, 2.05) is 43.3 Å². The van der Waals surface area contributed by atoms with Crippen molar-refractivity contribution < 1.29 is 4.79 Å². The largest absolute Gasteiger partial charge is 0.370 e. The van der Waals surface area contributed by atoms with Gasteiger partial charge in [0.05, 0.1) is 0 Å². The van der Waals surface area contributed by atoms with Crippen LogP contribution in [0.25, 0.3) is 0 Å². The van der Waals surface area contributed by atoms with Crippen molar-refractivity contribution in [2.75, 3.05) is 5.32 Å². The van der Waals surface area contributed by atoms with Gasteiger partial charge in [-0.25, -0.2) is 0 Å². The summed E-state index contributed by atoms with van der Waals surface area (Å²) in [5.74, 6) is -0.427. The topological polar surface area (TPSA) is 55.1 Å². The van der Waals surface area contributed by atoms with Crippen LogP contribution >= 0.6 is 11.6 Å². The fourth-order valence-corrected chi connectivity index (χ4v) is 2.01.